The molecule has 110 valence electrons. The molecule has 0 aliphatic heterocycles. The zero-order valence-corrected chi connectivity index (χ0v) is 12.8. The lowest BCUT2D eigenvalue weighted by atomic mass is 10.1. The van der Waals surface area contributed by atoms with Gasteiger partial charge in [0.05, 0.1) is 17.2 Å². The van der Waals surface area contributed by atoms with Crippen molar-refractivity contribution in [3.8, 4) is 11.1 Å². The van der Waals surface area contributed by atoms with E-state index >= 15 is 0 Å². The minimum Gasteiger partial charge on any atom is -0.461 e. The van der Waals surface area contributed by atoms with Crippen LogP contribution in [0.4, 0.5) is 0 Å². The fourth-order valence-corrected chi connectivity index (χ4v) is 2.22. The number of aromatic nitrogens is 2. The van der Waals surface area contributed by atoms with Gasteiger partial charge in [-0.25, -0.2) is 9.48 Å². The summed E-state index contributed by atoms with van der Waals surface area (Å²) in [6, 6.07) is 7.31. The van der Waals surface area contributed by atoms with Gasteiger partial charge in [-0.15, -0.1) is 0 Å². The van der Waals surface area contributed by atoms with Crippen molar-refractivity contribution < 1.29 is 9.53 Å². The molecule has 2 aromatic rings. The Balaban J connectivity index is 2.68. The van der Waals surface area contributed by atoms with E-state index in [1.165, 1.54) is 7.05 Å². The van der Waals surface area contributed by atoms with Crippen LogP contribution in [0.1, 0.15) is 23.0 Å². The van der Waals surface area contributed by atoms with E-state index in [4.69, 9.17) is 16.3 Å². The minimum atomic E-state index is -0.647. The van der Waals surface area contributed by atoms with Crippen LogP contribution in [-0.2, 0) is 11.8 Å². The maximum Gasteiger partial charge on any atom is 0.360 e. The van der Waals surface area contributed by atoms with Gasteiger partial charge < -0.3 is 4.74 Å². The van der Waals surface area contributed by atoms with Crippen molar-refractivity contribution in [2.24, 2.45) is 7.05 Å². The second-order valence-corrected chi connectivity index (χ2v) is 4.93. The van der Waals surface area contributed by atoms with Crippen molar-refractivity contribution in [1.82, 2.24) is 9.78 Å². The SMILES string of the molecule is CCOC(=O)c1nn(C)c(=O)c(-c2ccc(C)cc2)c1Cl. The zero-order valence-electron chi connectivity index (χ0n) is 12.0. The number of nitrogens with zero attached hydrogens (tertiary/aromatic N) is 2. The quantitative estimate of drug-likeness (QED) is 0.818. The Morgan fingerprint density at radius 3 is 2.52 bits per heavy atom. The third kappa shape index (κ3) is 2.97. The molecular weight excluding hydrogens is 292 g/mol. The number of hydrogen-bond acceptors (Lipinski definition) is 4. The fraction of sp³-hybridized carbons (Fsp3) is 0.267. The maximum atomic E-state index is 12.3. The van der Waals surface area contributed by atoms with Gasteiger partial charge in [0.1, 0.15) is 0 Å². The molecule has 0 N–H and O–H groups in total. The van der Waals surface area contributed by atoms with Crippen molar-refractivity contribution in [2.75, 3.05) is 6.61 Å². The summed E-state index contributed by atoms with van der Waals surface area (Å²) in [7, 11) is 1.47. The molecule has 0 fully saturated rings. The summed E-state index contributed by atoms with van der Waals surface area (Å²) in [4.78, 5) is 24.2. The molecule has 0 unspecified atom stereocenters. The summed E-state index contributed by atoms with van der Waals surface area (Å²) in [5, 5.41) is 3.91. The minimum absolute atomic E-state index is 0.0143. The molecule has 6 heteroatoms. The number of hydrogen-bond donors (Lipinski definition) is 0. The first-order valence-electron chi connectivity index (χ1n) is 6.46. The predicted octanol–water partition coefficient (Wildman–Crippen LogP) is 2.59. The Hall–Kier alpha value is -2.14. The summed E-state index contributed by atoms with van der Waals surface area (Å²) in [6.45, 7) is 3.84. The number of rotatable bonds is 3. The van der Waals surface area contributed by atoms with Gasteiger partial charge in [0, 0.05) is 7.05 Å². The highest BCUT2D eigenvalue weighted by molar-refractivity contribution is 6.35. The lowest BCUT2D eigenvalue weighted by Crippen LogP contribution is -2.25. The lowest BCUT2D eigenvalue weighted by molar-refractivity contribution is 0.0517. The molecule has 5 nitrogen and oxygen atoms in total. The van der Waals surface area contributed by atoms with Crippen LogP contribution in [0, 0.1) is 6.92 Å². The van der Waals surface area contributed by atoms with E-state index in [9.17, 15) is 9.59 Å². The third-order valence-electron chi connectivity index (χ3n) is 2.99. The molecule has 1 heterocycles. The number of ether oxygens (including phenoxy) is 1. The van der Waals surface area contributed by atoms with Crippen LogP contribution in [-0.4, -0.2) is 22.4 Å². The molecule has 0 radical (unpaired) electrons. The van der Waals surface area contributed by atoms with Gasteiger partial charge in [-0.05, 0) is 19.4 Å². The Kier molecular flexibility index (Phi) is 4.43. The van der Waals surface area contributed by atoms with Crippen LogP contribution in [0.5, 0.6) is 0 Å². The van der Waals surface area contributed by atoms with Crippen molar-refractivity contribution in [2.45, 2.75) is 13.8 Å². The van der Waals surface area contributed by atoms with E-state index in [1.807, 2.05) is 19.1 Å². The van der Waals surface area contributed by atoms with E-state index in [-0.39, 0.29) is 28.4 Å². The van der Waals surface area contributed by atoms with Gasteiger partial charge in [-0.1, -0.05) is 41.4 Å². The molecule has 0 atom stereocenters. The lowest BCUT2D eigenvalue weighted by Gasteiger charge is -2.10. The van der Waals surface area contributed by atoms with Gasteiger partial charge in [-0.3, -0.25) is 4.79 Å². The van der Waals surface area contributed by atoms with Crippen LogP contribution in [0.25, 0.3) is 11.1 Å². The molecule has 2 rings (SSSR count). The van der Waals surface area contributed by atoms with Crippen LogP contribution in [0.3, 0.4) is 0 Å². The highest BCUT2D eigenvalue weighted by Gasteiger charge is 2.21. The molecule has 0 bridgehead atoms. The molecule has 0 spiro atoms. The number of halogens is 1. The molecule has 0 aliphatic carbocycles. The number of carbonyl (C=O) groups excluding carboxylic acids is 1. The number of esters is 1. The fourth-order valence-electron chi connectivity index (χ4n) is 1.91. The Bertz CT molecular complexity index is 736. The van der Waals surface area contributed by atoms with Crippen LogP contribution in [0.15, 0.2) is 29.1 Å². The molecule has 0 saturated carbocycles. The first-order chi connectivity index (χ1) is 9.95. The van der Waals surface area contributed by atoms with Crippen molar-refractivity contribution in [3.05, 3.63) is 50.9 Å². The molecule has 21 heavy (non-hydrogen) atoms. The van der Waals surface area contributed by atoms with Gasteiger partial charge in [0.15, 0.2) is 5.69 Å². The number of benzene rings is 1. The average molecular weight is 307 g/mol. The normalized spacial score (nSPS) is 10.5. The average Bonchev–Trinajstić information content (AvgIpc) is 2.45. The summed E-state index contributed by atoms with van der Waals surface area (Å²) < 4.78 is 6.00. The van der Waals surface area contributed by atoms with Crippen LogP contribution >= 0.6 is 11.6 Å². The molecule has 0 amide bonds. The van der Waals surface area contributed by atoms with Gasteiger partial charge in [0.2, 0.25) is 0 Å². The largest absolute Gasteiger partial charge is 0.461 e. The Morgan fingerprint density at radius 1 is 1.33 bits per heavy atom. The first-order valence-corrected chi connectivity index (χ1v) is 6.84. The highest BCUT2D eigenvalue weighted by atomic mass is 35.5. The van der Waals surface area contributed by atoms with E-state index < -0.39 is 5.97 Å². The zero-order chi connectivity index (χ0) is 15.6. The van der Waals surface area contributed by atoms with E-state index in [0.717, 1.165) is 10.2 Å². The van der Waals surface area contributed by atoms with Gasteiger partial charge in [-0.2, -0.15) is 5.10 Å². The van der Waals surface area contributed by atoms with Crippen LogP contribution < -0.4 is 5.56 Å². The van der Waals surface area contributed by atoms with Crippen molar-refractivity contribution in [1.29, 1.82) is 0 Å². The van der Waals surface area contributed by atoms with Crippen molar-refractivity contribution >= 4 is 17.6 Å². The second kappa shape index (κ2) is 6.10. The first kappa shape index (κ1) is 15.3. The summed E-state index contributed by atoms with van der Waals surface area (Å²) >= 11 is 6.21. The van der Waals surface area contributed by atoms with Crippen molar-refractivity contribution in [3.63, 3.8) is 0 Å². The Morgan fingerprint density at radius 2 is 1.95 bits per heavy atom. The smallest absolute Gasteiger partial charge is 0.360 e. The molecular formula is C15H15ClN2O3. The maximum absolute atomic E-state index is 12.3. The predicted molar refractivity (Wildman–Crippen MR) is 80.6 cm³/mol. The summed E-state index contributed by atoms with van der Waals surface area (Å²) in [5.74, 6) is -0.647. The molecule has 0 aliphatic rings. The van der Waals surface area contributed by atoms with E-state index in [1.54, 1.807) is 19.1 Å². The monoisotopic (exact) mass is 306 g/mol. The molecule has 0 saturated heterocycles. The number of aryl methyl sites for hydroxylation is 2. The standard InChI is InChI=1S/C15H15ClN2O3/c1-4-21-15(20)13-12(16)11(14(19)18(3)17-13)10-7-5-9(2)6-8-10/h5-8H,4H2,1-3H3. The highest BCUT2D eigenvalue weighted by Crippen LogP contribution is 2.27. The molecule has 1 aromatic carbocycles. The third-order valence-corrected chi connectivity index (χ3v) is 3.36. The van der Waals surface area contributed by atoms with Gasteiger partial charge >= 0.3 is 5.97 Å². The number of carbonyl (C=O) groups is 1. The summed E-state index contributed by atoms with van der Waals surface area (Å²) in [5.41, 5.74) is 1.52. The van der Waals surface area contributed by atoms with Gasteiger partial charge in [0.25, 0.3) is 5.56 Å². The molecule has 1 aromatic heterocycles. The van der Waals surface area contributed by atoms with Crippen LogP contribution in [0.2, 0.25) is 5.02 Å². The summed E-state index contributed by atoms with van der Waals surface area (Å²) in [6.07, 6.45) is 0. The second-order valence-electron chi connectivity index (χ2n) is 4.55. The Labute approximate surface area is 127 Å². The van der Waals surface area contributed by atoms with E-state index in [0.29, 0.717) is 5.56 Å². The topological polar surface area (TPSA) is 61.2 Å². The van der Waals surface area contributed by atoms with E-state index in [2.05, 4.69) is 5.10 Å².